The summed E-state index contributed by atoms with van der Waals surface area (Å²) < 4.78 is 4.20. The number of fused-ring (bicyclic) bond motifs is 3. The van der Waals surface area contributed by atoms with E-state index in [4.69, 9.17) is 0 Å². The minimum absolute atomic E-state index is 0.597. The quantitative estimate of drug-likeness (QED) is 0.823. The molecule has 15 heavy (non-hydrogen) atoms. The molecule has 3 aliphatic heterocycles. The predicted molar refractivity (Wildman–Crippen MR) is 61.2 cm³/mol. The van der Waals surface area contributed by atoms with E-state index in [1.165, 1.54) is 44.0 Å². The Balaban J connectivity index is 1.68. The van der Waals surface area contributed by atoms with Crippen LogP contribution < -0.4 is 5.32 Å². The summed E-state index contributed by atoms with van der Waals surface area (Å²) in [4.78, 5) is 6.91. The fourth-order valence-electron chi connectivity index (χ4n) is 2.64. The maximum Gasteiger partial charge on any atom is 0.202 e. The van der Waals surface area contributed by atoms with Crippen LogP contribution in [0.4, 0.5) is 5.13 Å². The molecule has 1 atom stereocenters. The first-order valence-corrected chi connectivity index (χ1v) is 6.38. The average molecular weight is 224 g/mol. The minimum atomic E-state index is 0.597. The molecule has 82 valence electrons. The molecule has 3 fully saturated rings. The molecular formula is C10H16N4S. The summed E-state index contributed by atoms with van der Waals surface area (Å²) in [5, 5.41) is 4.53. The molecule has 0 saturated carbocycles. The van der Waals surface area contributed by atoms with Crippen LogP contribution in [0.3, 0.4) is 0 Å². The molecule has 1 aromatic heterocycles. The monoisotopic (exact) mass is 224 g/mol. The third kappa shape index (κ3) is 1.86. The van der Waals surface area contributed by atoms with Crippen LogP contribution in [0.25, 0.3) is 0 Å². The fraction of sp³-hybridized carbons (Fsp3) is 0.800. The molecule has 0 amide bonds. The van der Waals surface area contributed by atoms with Crippen molar-refractivity contribution < 1.29 is 0 Å². The van der Waals surface area contributed by atoms with Crippen molar-refractivity contribution in [2.24, 2.45) is 5.92 Å². The third-order valence-electron chi connectivity index (χ3n) is 3.49. The largest absolute Gasteiger partial charge is 0.356 e. The highest BCUT2D eigenvalue weighted by Crippen LogP contribution is 2.29. The zero-order chi connectivity index (χ0) is 10.3. The summed E-state index contributed by atoms with van der Waals surface area (Å²) in [5.41, 5.74) is 0. The van der Waals surface area contributed by atoms with Gasteiger partial charge in [0.25, 0.3) is 0 Å². The first kappa shape index (κ1) is 9.54. The minimum Gasteiger partial charge on any atom is -0.356 e. The van der Waals surface area contributed by atoms with Gasteiger partial charge in [-0.1, -0.05) is 0 Å². The van der Waals surface area contributed by atoms with Gasteiger partial charge in [0, 0.05) is 24.1 Å². The van der Waals surface area contributed by atoms with Gasteiger partial charge in [-0.3, -0.25) is 0 Å². The van der Waals surface area contributed by atoms with Crippen molar-refractivity contribution >= 4 is 16.7 Å². The molecule has 3 saturated heterocycles. The van der Waals surface area contributed by atoms with Crippen LogP contribution in [0.1, 0.15) is 18.7 Å². The highest BCUT2D eigenvalue weighted by atomic mass is 32.1. The van der Waals surface area contributed by atoms with E-state index < -0.39 is 0 Å². The van der Waals surface area contributed by atoms with Gasteiger partial charge in [0.1, 0.15) is 5.82 Å². The molecule has 4 nitrogen and oxygen atoms in total. The lowest BCUT2D eigenvalue weighted by molar-refractivity contribution is 0.0975. The van der Waals surface area contributed by atoms with Gasteiger partial charge in [-0.05, 0) is 38.8 Å². The zero-order valence-electron chi connectivity index (χ0n) is 8.94. The van der Waals surface area contributed by atoms with Crippen molar-refractivity contribution in [3.63, 3.8) is 0 Å². The van der Waals surface area contributed by atoms with E-state index in [1.807, 2.05) is 6.92 Å². The van der Waals surface area contributed by atoms with Gasteiger partial charge in [-0.2, -0.15) is 4.37 Å². The van der Waals surface area contributed by atoms with Crippen LogP contribution in [-0.2, 0) is 0 Å². The van der Waals surface area contributed by atoms with Gasteiger partial charge < -0.3 is 10.2 Å². The Bertz CT molecular complexity index is 343. The number of aromatic nitrogens is 2. The van der Waals surface area contributed by atoms with Crippen LogP contribution >= 0.6 is 11.5 Å². The Morgan fingerprint density at radius 2 is 2.20 bits per heavy atom. The predicted octanol–water partition coefficient (Wildman–Crippen LogP) is 1.35. The van der Waals surface area contributed by atoms with Gasteiger partial charge in [0.2, 0.25) is 5.13 Å². The number of aryl methyl sites for hydroxylation is 1. The van der Waals surface area contributed by atoms with Crippen molar-refractivity contribution in [2.45, 2.75) is 25.8 Å². The first-order valence-electron chi connectivity index (χ1n) is 5.60. The summed E-state index contributed by atoms with van der Waals surface area (Å²) in [7, 11) is 0. The number of anilines is 1. The van der Waals surface area contributed by atoms with Crippen molar-refractivity contribution in [3.8, 4) is 0 Å². The van der Waals surface area contributed by atoms with E-state index in [2.05, 4.69) is 19.6 Å². The zero-order valence-corrected chi connectivity index (χ0v) is 9.76. The summed E-state index contributed by atoms with van der Waals surface area (Å²) in [5.74, 6) is 1.72. The number of rotatable bonds is 2. The van der Waals surface area contributed by atoms with Crippen LogP contribution in [0.2, 0.25) is 0 Å². The molecule has 1 aromatic rings. The Morgan fingerprint density at radius 1 is 1.40 bits per heavy atom. The van der Waals surface area contributed by atoms with E-state index in [0.717, 1.165) is 16.9 Å². The number of hydrogen-bond acceptors (Lipinski definition) is 5. The lowest BCUT2D eigenvalue weighted by atomic mass is 9.84. The molecule has 3 aliphatic rings. The molecule has 1 unspecified atom stereocenters. The van der Waals surface area contributed by atoms with Crippen molar-refractivity contribution in [1.29, 1.82) is 0 Å². The lowest BCUT2D eigenvalue weighted by Gasteiger charge is -2.44. The summed E-state index contributed by atoms with van der Waals surface area (Å²) in [6.07, 6.45) is 2.69. The van der Waals surface area contributed by atoms with Gasteiger partial charge in [0.05, 0.1) is 0 Å². The fourth-order valence-corrected chi connectivity index (χ4v) is 3.28. The first-order chi connectivity index (χ1) is 7.31. The summed E-state index contributed by atoms with van der Waals surface area (Å²) >= 11 is 1.48. The number of nitrogens with one attached hydrogen (secondary N) is 1. The molecule has 2 bridgehead atoms. The maximum atomic E-state index is 4.37. The molecule has 0 spiro atoms. The maximum absolute atomic E-state index is 4.37. The normalized spacial score (nSPS) is 34.3. The third-order valence-corrected chi connectivity index (χ3v) is 4.23. The topological polar surface area (TPSA) is 41.1 Å². The second-order valence-electron chi connectivity index (χ2n) is 4.54. The Labute approximate surface area is 93.9 Å². The molecule has 0 radical (unpaired) electrons. The van der Waals surface area contributed by atoms with E-state index in [9.17, 15) is 0 Å². The summed E-state index contributed by atoms with van der Waals surface area (Å²) in [6.45, 7) is 5.71. The van der Waals surface area contributed by atoms with E-state index in [0.29, 0.717) is 6.04 Å². The van der Waals surface area contributed by atoms with Gasteiger partial charge in [-0.25, -0.2) is 4.98 Å². The number of hydrogen-bond donors (Lipinski definition) is 1. The van der Waals surface area contributed by atoms with Crippen molar-refractivity contribution in [2.75, 3.05) is 25.0 Å². The smallest absolute Gasteiger partial charge is 0.202 e. The molecule has 0 aromatic carbocycles. The van der Waals surface area contributed by atoms with E-state index in [1.54, 1.807) is 0 Å². The summed E-state index contributed by atoms with van der Waals surface area (Å²) in [6, 6.07) is 0.597. The van der Waals surface area contributed by atoms with Crippen molar-refractivity contribution in [1.82, 2.24) is 14.3 Å². The Morgan fingerprint density at radius 3 is 2.73 bits per heavy atom. The van der Waals surface area contributed by atoms with Crippen LogP contribution in [0.5, 0.6) is 0 Å². The van der Waals surface area contributed by atoms with Gasteiger partial charge in [0.15, 0.2) is 0 Å². The van der Waals surface area contributed by atoms with E-state index in [-0.39, 0.29) is 0 Å². The van der Waals surface area contributed by atoms with Crippen LogP contribution in [0.15, 0.2) is 0 Å². The second-order valence-corrected chi connectivity index (χ2v) is 5.29. The van der Waals surface area contributed by atoms with Crippen molar-refractivity contribution in [3.05, 3.63) is 5.82 Å². The number of nitrogens with zero attached hydrogens (tertiary/aromatic N) is 3. The highest BCUT2D eigenvalue weighted by Gasteiger charge is 2.34. The molecule has 0 aliphatic carbocycles. The van der Waals surface area contributed by atoms with E-state index >= 15 is 0 Å². The molecule has 1 N–H and O–H groups in total. The molecular weight excluding hydrogens is 208 g/mol. The second kappa shape index (κ2) is 3.72. The molecule has 4 heterocycles. The van der Waals surface area contributed by atoms with Crippen LogP contribution in [0, 0.1) is 12.8 Å². The van der Waals surface area contributed by atoms with Gasteiger partial charge in [-0.15, -0.1) is 0 Å². The highest BCUT2D eigenvalue weighted by molar-refractivity contribution is 7.09. The Hall–Kier alpha value is -0.680. The number of piperidine rings is 3. The van der Waals surface area contributed by atoms with Crippen LogP contribution in [-0.4, -0.2) is 39.9 Å². The standard InChI is InChI=1S/C10H16N4S/c1-7-11-10(15-13-7)12-9-6-14-4-2-8(9)3-5-14/h8-9H,2-6H2,1H3,(H,11,12,13). The SMILES string of the molecule is Cc1nsc(NC2CN3CCC2CC3)n1. The average Bonchev–Trinajstić information content (AvgIpc) is 2.66. The molecule has 4 rings (SSSR count). The molecule has 5 heteroatoms. The Kier molecular flexibility index (Phi) is 2.36. The lowest BCUT2D eigenvalue weighted by Crippen LogP contribution is -2.53. The van der Waals surface area contributed by atoms with Gasteiger partial charge >= 0.3 is 0 Å².